The minimum Gasteiger partial charge on any atom is -0.494 e. The molecule has 5 nitrogen and oxygen atoms in total. The summed E-state index contributed by atoms with van der Waals surface area (Å²) in [4.78, 5) is 12.3. The molecular formula is C18H21NO4. The molecule has 0 saturated carbocycles. The summed E-state index contributed by atoms with van der Waals surface area (Å²) >= 11 is 0. The van der Waals surface area contributed by atoms with Crippen molar-refractivity contribution in [1.82, 2.24) is 0 Å². The number of ether oxygens (including phenoxy) is 3. The van der Waals surface area contributed by atoms with E-state index in [1.54, 1.807) is 25.3 Å². The van der Waals surface area contributed by atoms with Crippen LogP contribution >= 0.6 is 0 Å². The average molecular weight is 315 g/mol. The van der Waals surface area contributed by atoms with Gasteiger partial charge >= 0.3 is 0 Å². The molecule has 122 valence electrons. The highest BCUT2D eigenvalue weighted by Crippen LogP contribution is 2.28. The molecule has 0 spiro atoms. The van der Waals surface area contributed by atoms with E-state index in [4.69, 9.17) is 14.2 Å². The second-order valence-electron chi connectivity index (χ2n) is 4.90. The van der Waals surface area contributed by atoms with Crippen LogP contribution in [-0.4, -0.2) is 26.7 Å². The van der Waals surface area contributed by atoms with Gasteiger partial charge in [-0.15, -0.1) is 0 Å². The highest BCUT2D eigenvalue weighted by molar-refractivity contribution is 6.04. The number of carbonyl (C=O) groups excluding carboxylic acids is 1. The van der Waals surface area contributed by atoms with E-state index in [2.05, 4.69) is 12.2 Å². The molecular weight excluding hydrogens is 294 g/mol. The highest BCUT2D eigenvalue weighted by atomic mass is 16.5. The monoisotopic (exact) mass is 315 g/mol. The highest BCUT2D eigenvalue weighted by Gasteiger charge is 2.11. The molecule has 1 N–H and O–H groups in total. The van der Waals surface area contributed by atoms with Crippen LogP contribution in [0.25, 0.3) is 0 Å². The molecule has 0 aliphatic carbocycles. The molecule has 2 rings (SSSR count). The van der Waals surface area contributed by atoms with E-state index < -0.39 is 0 Å². The quantitative estimate of drug-likeness (QED) is 0.845. The van der Waals surface area contributed by atoms with Gasteiger partial charge in [-0.05, 0) is 48.9 Å². The summed E-state index contributed by atoms with van der Waals surface area (Å²) in [5.74, 6) is 1.68. The van der Waals surface area contributed by atoms with Gasteiger partial charge in [-0.2, -0.15) is 0 Å². The van der Waals surface area contributed by atoms with Crippen molar-refractivity contribution in [2.24, 2.45) is 0 Å². The van der Waals surface area contributed by atoms with E-state index in [0.717, 1.165) is 12.2 Å². The van der Waals surface area contributed by atoms with Crippen molar-refractivity contribution >= 4 is 11.6 Å². The van der Waals surface area contributed by atoms with Crippen molar-refractivity contribution < 1.29 is 19.0 Å². The van der Waals surface area contributed by atoms with Gasteiger partial charge in [0.15, 0.2) is 11.5 Å². The first kappa shape index (κ1) is 16.7. The van der Waals surface area contributed by atoms with E-state index in [9.17, 15) is 4.79 Å². The topological polar surface area (TPSA) is 56.8 Å². The normalized spacial score (nSPS) is 10.0. The second kappa shape index (κ2) is 8.08. The molecule has 0 aromatic heterocycles. The number of methoxy groups -OCH3 is 2. The average Bonchev–Trinajstić information content (AvgIpc) is 2.60. The van der Waals surface area contributed by atoms with Crippen LogP contribution in [0.4, 0.5) is 5.69 Å². The van der Waals surface area contributed by atoms with Crippen molar-refractivity contribution in [3.05, 3.63) is 48.0 Å². The van der Waals surface area contributed by atoms with Gasteiger partial charge in [-0.25, -0.2) is 0 Å². The van der Waals surface area contributed by atoms with E-state index in [-0.39, 0.29) is 5.91 Å². The number of carbonyl (C=O) groups is 1. The lowest BCUT2D eigenvalue weighted by molar-refractivity contribution is 0.102. The van der Waals surface area contributed by atoms with E-state index in [1.165, 1.54) is 7.11 Å². The minimum absolute atomic E-state index is 0.215. The Morgan fingerprint density at radius 3 is 2.30 bits per heavy atom. The van der Waals surface area contributed by atoms with Crippen LogP contribution in [0.3, 0.4) is 0 Å². The number of hydrogen-bond donors (Lipinski definition) is 1. The van der Waals surface area contributed by atoms with Gasteiger partial charge in [-0.1, -0.05) is 6.92 Å². The molecule has 0 bridgehead atoms. The fourth-order valence-corrected chi connectivity index (χ4v) is 2.04. The minimum atomic E-state index is -0.215. The first-order chi connectivity index (χ1) is 11.2. The van der Waals surface area contributed by atoms with E-state index in [0.29, 0.717) is 29.4 Å². The molecule has 5 heteroatoms. The zero-order valence-electron chi connectivity index (χ0n) is 13.6. The first-order valence-electron chi connectivity index (χ1n) is 7.44. The summed E-state index contributed by atoms with van der Waals surface area (Å²) in [6.45, 7) is 2.73. The van der Waals surface area contributed by atoms with Gasteiger partial charge in [0.1, 0.15) is 5.75 Å². The summed E-state index contributed by atoms with van der Waals surface area (Å²) in [5, 5.41) is 2.84. The number of nitrogens with one attached hydrogen (secondary N) is 1. The second-order valence-corrected chi connectivity index (χ2v) is 4.90. The third-order valence-corrected chi connectivity index (χ3v) is 3.23. The molecule has 2 aromatic rings. The lowest BCUT2D eigenvalue weighted by Gasteiger charge is -2.10. The maximum atomic E-state index is 12.3. The van der Waals surface area contributed by atoms with Crippen molar-refractivity contribution in [2.45, 2.75) is 13.3 Å². The Balaban J connectivity index is 2.06. The van der Waals surface area contributed by atoms with Crippen molar-refractivity contribution in [3.8, 4) is 17.2 Å². The number of anilines is 1. The molecule has 2 aromatic carbocycles. The van der Waals surface area contributed by atoms with Crippen LogP contribution in [0.5, 0.6) is 17.2 Å². The number of hydrogen-bond acceptors (Lipinski definition) is 4. The summed E-state index contributed by atoms with van der Waals surface area (Å²) < 4.78 is 15.9. The maximum Gasteiger partial charge on any atom is 0.255 e. The molecule has 23 heavy (non-hydrogen) atoms. The van der Waals surface area contributed by atoms with Crippen LogP contribution in [0, 0.1) is 0 Å². The molecule has 0 aliphatic rings. The fraction of sp³-hybridized carbons (Fsp3) is 0.278. The Morgan fingerprint density at radius 1 is 1.00 bits per heavy atom. The van der Waals surface area contributed by atoms with Crippen LogP contribution in [-0.2, 0) is 0 Å². The summed E-state index contributed by atoms with van der Waals surface area (Å²) in [6, 6.07) is 12.3. The Bertz CT molecular complexity index is 653. The summed E-state index contributed by atoms with van der Waals surface area (Å²) in [7, 11) is 3.09. The standard InChI is InChI=1S/C18H21NO4/c1-4-11-23-15-8-6-14(7-9-15)19-18(20)13-5-10-16(21-2)17(12-13)22-3/h5-10,12H,4,11H2,1-3H3,(H,19,20). The molecule has 0 atom stereocenters. The smallest absolute Gasteiger partial charge is 0.255 e. The summed E-state index contributed by atoms with van der Waals surface area (Å²) in [6.07, 6.45) is 0.956. The Labute approximate surface area is 136 Å². The third kappa shape index (κ3) is 4.39. The SMILES string of the molecule is CCCOc1ccc(NC(=O)c2ccc(OC)c(OC)c2)cc1. The van der Waals surface area contributed by atoms with E-state index in [1.807, 2.05) is 24.3 Å². The Hall–Kier alpha value is -2.69. The molecule has 0 radical (unpaired) electrons. The van der Waals surface area contributed by atoms with Gasteiger partial charge in [0.2, 0.25) is 0 Å². The van der Waals surface area contributed by atoms with Gasteiger partial charge < -0.3 is 19.5 Å². The third-order valence-electron chi connectivity index (χ3n) is 3.23. The lowest BCUT2D eigenvalue weighted by Crippen LogP contribution is -2.12. The Morgan fingerprint density at radius 2 is 1.70 bits per heavy atom. The van der Waals surface area contributed by atoms with Crippen LogP contribution < -0.4 is 19.5 Å². The first-order valence-corrected chi connectivity index (χ1v) is 7.44. The number of amides is 1. The number of rotatable bonds is 7. The van der Waals surface area contributed by atoms with E-state index >= 15 is 0 Å². The molecule has 0 unspecified atom stereocenters. The predicted octanol–water partition coefficient (Wildman–Crippen LogP) is 3.74. The molecule has 0 fully saturated rings. The predicted molar refractivity (Wildman–Crippen MR) is 89.7 cm³/mol. The molecule has 0 aliphatic heterocycles. The van der Waals surface area contributed by atoms with Crippen molar-refractivity contribution in [2.75, 3.05) is 26.1 Å². The summed E-state index contributed by atoms with van der Waals surface area (Å²) in [5.41, 5.74) is 1.20. The van der Waals surface area contributed by atoms with Crippen LogP contribution in [0.1, 0.15) is 23.7 Å². The van der Waals surface area contributed by atoms with Crippen molar-refractivity contribution in [1.29, 1.82) is 0 Å². The largest absolute Gasteiger partial charge is 0.494 e. The van der Waals surface area contributed by atoms with Crippen LogP contribution in [0.2, 0.25) is 0 Å². The van der Waals surface area contributed by atoms with Gasteiger partial charge in [0, 0.05) is 11.3 Å². The van der Waals surface area contributed by atoms with Crippen LogP contribution in [0.15, 0.2) is 42.5 Å². The van der Waals surface area contributed by atoms with Crippen molar-refractivity contribution in [3.63, 3.8) is 0 Å². The zero-order chi connectivity index (χ0) is 16.7. The molecule has 1 amide bonds. The Kier molecular flexibility index (Phi) is 5.86. The maximum absolute atomic E-state index is 12.3. The fourth-order valence-electron chi connectivity index (χ4n) is 2.04. The molecule has 0 heterocycles. The molecule has 0 saturated heterocycles. The lowest BCUT2D eigenvalue weighted by atomic mass is 10.2. The van der Waals surface area contributed by atoms with Gasteiger partial charge in [0.05, 0.1) is 20.8 Å². The zero-order valence-corrected chi connectivity index (χ0v) is 13.6. The number of benzene rings is 2. The van der Waals surface area contributed by atoms with Gasteiger partial charge in [-0.3, -0.25) is 4.79 Å². The van der Waals surface area contributed by atoms with Gasteiger partial charge in [0.25, 0.3) is 5.91 Å².